The van der Waals surface area contributed by atoms with E-state index in [2.05, 4.69) is 5.32 Å². The first kappa shape index (κ1) is 12.2. The fourth-order valence-corrected chi connectivity index (χ4v) is 1.80. The largest absolute Gasteiger partial charge is 0.475 e. The average Bonchev–Trinajstić information content (AvgIpc) is 2.79. The zero-order valence-electron chi connectivity index (χ0n) is 10.4. The molecule has 0 saturated heterocycles. The van der Waals surface area contributed by atoms with Crippen LogP contribution in [0.4, 0.5) is 5.69 Å². The third-order valence-corrected chi connectivity index (χ3v) is 3.01. The zero-order chi connectivity index (χ0) is 13.1. The van der Waals surface area contributed by atoms with Gasteiger partial charge in [0.1, 0.15) is 0 Å². The molecule has 94 valence electrons. The summed E-state index contributed by atoms with van der Waals surface area (Å²) in [5, 5.41) is 12.2. The fraction of sp³-hybridized carbons (Fsp3) is 0.214. The lowest BCUT2D eigenvalue weighted by atomic mass is 10.1. The Balaban J connectivity index is 2.14. The molecule has 0 aliphatic heterocycles. The molecular formula is C14H15NO3. The van der Waals surface area contributed by atoms with Gasteiger partial charge < -0.3 is 14.8 Å². The van der Waals surface area contributed by atoms with Crippen LogP contribution in [-0.2, 0) is 6.54 Å². The molecule has 0 amide bonds. The number of carbonyl (C=O) groups is 1. The first-order chi connectivity index (χ1) is 8.59. The number of anilines is 1. The summed E-state index contributed by atoms with van der Waals surface area (Å²) in [6.07, 6.45) is 1.39. The molecule has 0 saturated carbocycles. The lowest BCUT2D eigenvalue weighted by molar-refractivity contribution is 0.0661. The minimum Gasteiger partial charge on any atom is -0.475 e. The van der Waals surface area contributed by atoms with Crippen molar-refractivity contribution in [2.24, 2.45) is 0 Å². The molecule has 1 heterocycles. The smallest absolute Gasteiger partial charge is 0.372 e. The van der Waals surface area contributed by atoms with Crippen molar-refractivity contribution < 1.29 is 14.3 Å². The molecule has 0 bridgehead atoms. The maximum atomic E-state index is 10.9. The highest BCUT2D eigenvalue weighted by molar-refractivity contribution is 5.86. The molecule has 0 unspecified atom stereocenters. The molecule has 1 aromatic carbocycles. The van der Waals surface area contributed by atoms with Crippen LogP contribution in [0.3, 0.4) is 0 Å². The van der Waals surface area contributed by atoms with Crippen LogP contribution in [0.1, 0.15) is 27.2 Å². The molecule has 18 heavy (non-hydrogen) atoms. The third-order valence-electron chi connectivity index (χ3n) is 3.01. The van der Waals surface area contributed by atoms with Gasteiger partial charge in [-0.3, -0.25) is 0 Å². The van der Waals surface area contributed by atoms with Crippen molar-refractivity contribution in [3.05, 3.63) is 53.0 Å². The van der Waals surface area contributed by atoms with Gasteiger partial charge in [0.2, 0.25) is 5.76 Å². The van der Waals surface area contributed by atoms with Crippen molar-refractivity contribution in [1.82, 2.24) is 0 Å². The molecule has 2 rings (SSSR count). The number of hydrogen-bond acceptors (Lipinski definition) is 3. The van der Waals surface area contributed by atoms with Crippen LogP contribution in [0.2, 0.25) is 0 Å². The van der Waals surface area contributed by atoms with E-state index in [0.29, 0.717) is 12.1 Å². The summed E-state index contributed by atoms with van der Waals surface area (Å²) in [5.74, 6) is -1.05. The highest BCUT2D eigenvalue weighted by atomic mass is 16.4. The highest BCUT2D eigenvalue weighted by Gasteiger charge is 2.13. The first-order valence-electron chi connectivity index (χ1n) is 5.69. The molecule has 0 spiro atoms. The van der Waals surface area contributed by atoms with Crippen LogP contribution in [0, 0.1) is 13.8 Å². The summed E-state index contributed by atoms with van der Waals surface area (Å²) in [4.78, 5) is 10.9. The Kier molecular flexibility index (Phi) is 3.37. The van der Waals surface area contributed by atoms with E-state index in [1.165, 1.54) is 11.8 Å². The topological polar surface area (TPSA) is 62.5 Å². The van der Waals surface area contributed by atoms with Gasteiger partial charge in [-0.1, -0.05) is 12.1 Å². The molecule has 2 aromatic rings. The van der Waals surface area contributed by atoms with E-state index >= 15 is 0 Å². The van der Waals surface area contributed by atoms with E-state index in [0.717, 1.165) is 11.3 Å². The number of rotatable bonds is 4. The summed E-state index contributed by atoms with van der Waals surface area (Å²) in [6.45, 7) is 4.51. The van der Waals surface area contributed by atoms with Gasteiger partial charge >= 0.3 is 5.97 Å². The van der Waals surface area contributed by atoms with E-state index in [-0.39, 0.29) is 5.76 Å². The molecule has 0 fully saturated rings. The highest BCUT2D eigenvalue weighted by Crippen LogP contribution is 2.20. The van der Waals surface area contributed by atoms with E-state index in [1.54, 1.807) is 6.07 Å². The van der Waals surface area contributed by atoms with Gasteiger partial charge in [-0.05, 0) is 37.1 Å². The zero-order valence-corrected chi connectivity index (χ0v) is 10.4. The fourth-order valence-electron chi connectivity index (χ4n) is 1.80. The predicted molar refractivity (Wildman–Crippen MR) is 68.9 cm³/mol. The maximum absolute atomic E-state index is 10.9. The van der Waals surface area contributed by atoms with Crippen LogP contribution in [0.25, 0.3) is 0 Å². The van der Waals surface area contributed by atoms with Crippen LogP contribution in [0.15, 0.2) is 34.9 Å². The Morgan fingerprint density at radius 2 is 2.11 bits per heavy atom. The Labute approximate surface area is 105 Å². The summed E-state index contributed by atoms with van der Waals surface area (Å²) >= 11 is 0. The first-order valence-corrected chi connectivity index (χ1v) is 5.69. The van der Waals surface area contributed by atoms with Crippen molar-refractivity contribution in [3.8, 4) is 0 Å². The van der Waals surface area contributed by atoms with Crippen molar-refractivity contribution in [2.45, 2.75) is 20.4 Å². The lowest BCUT2D eigenvalue weighted by Gasteiger charge is -2.10. The van der Waals surface area contributed by atoms with E-state index in [4.69, 9.17) is 9.52 Å². The number of benzene rings is 1. The van der Waals surface area contributed by atoms with E-state index < -0.39 is 5.97 Å². The van der Waals surface area contributed by atoms with Crippen LogP contribution in [-0.4, -0.2) is 11.1 Å². The Hall–Kier alpha value is -2.23. The standard InChI is InChI=1S/C14H15NO3/c1-9-4-3-5-12(10(9)2)15-8-11-6-7-18-13(11)14(16)17/h3-7,15H,8H2,1-2H3,(H,16,17). The van der Waals surface area contributed by atoms with Crippen LogP contribution in [0.5, 0.6) is 0 Å². The van der Waals surface area contributed by atoms with Crippen LogP contribution >= 0.6 is 0 Å². The number of furan rings is 1. The molecular weight excluding hydrogens is 230 g/mol. The van der Waals surface area contributed by atoms with Gasteiger partial charge in [0, 0.05) is 17.8 Å². The molecule has 1 aromatic heterocycles. The van der Waals surface area contributed by atoms with Gasteiger partial charge in [-0.15, -0.1) is 0 Å². The van der Waals surface area contributed by atoms with Gasteiger partial charge in [-0.2, -0.15) is 0 Å². The van der Waals surface area contributed by atoms with Gasteiger partial charge in [0.05, 0.1) is 6.26 Å². The van der Waals surface area contributed by atoms with Gasteiger partial charge in [0.15, 0.2) is 0 Å². The number of carboxylic acids is 1. The number of aromatic carboxylic acids is 1. The molecule has 0 atom stereocenters. The molecule has 0 radical (unpaired) electrons. The lowest BCUT2D eigenvalue weighted by Crippen LogP contribution is -2.05. The minimum atomic E-state index is -1.04. The van der Waals surface area contributed by atoms with Crippen molar-refractivity contribution in [2.75, 3.05) is 5.32 Å². The molecule has 4 heteroatoms. The molecule has 2 N–H and O–H groups in total. The number of carboxylic acid groups (broad SMARTS) is 1. The van der Waals surface area contributed by atoms with Gasteiger partial charge in [0.25, 0.3) is 0 Å². The van der Waals surface area contributed by atoms with E-state index in [9.17, 15) is 4.79 Å². The third kappa shape index (κ3) is 2.37. The summed E-state index contributed by atoms with van der Waals surface area (Å²) < 4.78 is 4.93. The normalized spacial score (nSPS) is 10.3. The molecule has 0 aliphatic carbocycles. The summed E-state index contributed by atoms with van der Waals surface area (Å²) in [6, 6.07) is 7.66. The predicted octanol–water partition coefficient (Wildman–Crippen LogP) is 3.21. The quantitative estimate of drug-likeness (QED) is 0.868. The number of hydrogen-bond donors (Lipinski definition) is 2. The second-order valence-corrected chi connectivity index (χ2v) is 4.18. The summed E-state index contributed by atoms with van der Waals surface area (Å²) in [5.41, 5.74) is 4.01. The van der Waals surface area contributed by atoms with Gasteiger partial charge in [-0.25, -0.2) is 4.79 Å². The second kappa shape index (κ2) is 4.96. The molecule has 0 aliphatic rings. The molecule has 4 nitrogen and oxygen atoms in total. The minimum absolute atomic E-state index is 0.00666. The van der Waals surface area contributed by atoms with Crippen LogP contribution < -0.4 is 5.32 Å². The van der Waals surface area contributed by atoms with Crippen molar-refractivity contribution in [3.63, 3.8) is 0 Å². The maximum Gasteiger partial charge on any atom is 0.372 e. The van der Waals surface area contributed by atoms with E-state index in [1.807, 2.05) is 32.0 Å². The van der Waals surface area contributed by atoms with Crippen molar-refractivity contribution in [1.29, 1.82) is 0 Å². The second-order valence-electron chi connectivity index (χ2n) is 4.18. The van der Waals surface area contributed by atoms with Crippen molar-refractivity contribution >= 4 is 11.7 Å². The number of aryl methyl sites for hydroxylation is 1. The number of nitrogens with one attached hydrogen (secondary N) is 1. The summed E-state index contributed by atoms with van der Waals surface area (Å²) in [7, 11) is 0. The Bertz CT molecular complexity index is 572. The SMILES string of the molecule is Cc1cccc(NCc2ccoc2C(=O)O)c1C. The Morgan fingerprint density at radius 1 is 1.33 bits per heavy atom. The monoisotopic (exact) mass is 245 g/mol. The Morgan fingerprint density at radius 3 is 2.83 bits per heavy atom. The average molecular weight is 245 g/mol.